The lowest BCUT2D eigenvalue weighted by Crippen LogP contribution is -2.31. The van der Waals surface area contributed by atoms with Crippen molar-refractivity contribution in [1.82, 2.24) is 9.55 Å². The SMILES string of the molecule is Cc1cc(C)c(-c2ncn3c2CCC(N)C3)cc1C. The molecular formula is C16H21N3. The quantitative estimate of drug-likeness (QED) is 0.851. The topological polar surface area (TPSA) is 43.8 Å². The Labute approximate surface area is 114 Å². The van der Waals surface area contributed by atoms with E-state index in [2.05, 4.69) is 42.5 Å². The summed E-state index contributed by atoms with van der Waals surface area (Å²) >= 11 is 0. The molecule has 1 aromatic carbocycles. The Bertz CT molecular complexity index is 625. The van der Waals surface area contributed by atoms with Crippen LogP contribution in [0.15, 0.2) is 18.5 Å². The van der Waals surface area contributed by atoms with Crippen molar-refractivity contribution in [3.63, 3.8) is 0 Å². The van der Waals surface area contributed by atoms with Crippen molar-refractivity contribution in [3.05, 3.63) is 40.8 Å². The molecule has 0 amide bonds. The zero-order chi connectivity index (χ0) is 13.6. The lowest BCUT2D eigenvalue weighted by Gasteiger charge is -2.21. The molecule has 1 atom stereocenters. The summed E-state index contributed by atoms with van der Waals surface area (Å²) in [6.45, 7) is 7.39. The average molecular weight is 255 g/mol. The zero-order valence-corrected chi connectivity index (χ0v) is 11.9. The first-order chi connectivity index (χ1) is 9.06. The molecule has 0 bridgehead atoms. The molecule has 3 nitrogen and oxygen atoms in total. The van der Waals surface area contributed by atoms with Crippen molar-refractivity contribution in [2.45, 2.75) is 46.2 Å². The van der Waals surface area contributed by atoms with Crippen molar-refractivity contribution in [3.8, 4) is 11.3 Å². The van der Waals surface area contributed by atoms with E-state index in [0.717, 1.165) is 25.1 Å². The van der Waals surface area contributed by atoms with E-state index in [9.17, 15) is 0 Å². The highest BCUT2D eigenvalue weighted by atomic mass is 15.1. The van der Waals surface area contributed by atoms with E-state index >= 15 is 0 Å². The Hall–Kier alpha value is -1.61. The number of benzene rings is 1. The van der Waals surface area contributed by atoms with Crippen LogP contribution in [-0.2, 0) is 13.0 Å². The summed E-state index contributed by atoms with van der Waals surface area (Å²) in [5, 5.41) is 0. The Morgan fingerprint density at radius 1 is 1.16 bits per heavy atom. The molecule has 0 radical (unpaired) electrons. The molecule has 19 heavy (non-hydrogen) atoms. The number of hydrogen-bond acceptors (Lipinski definition) is 2. The van der Waals surface area contributed by atoms with Gasteiger partial charge in [0.1, 0.15) is 0 Å². The molecule has 0 aliphatic carbocycles. The summed E-state index contributed by atoms with van der Waals surface area (Å²) in [5.41, 5.74) is 13.8. The second-order valence-electron chi connectivity index (χ2n) is 5.74. The van der Waals surface area contributed by atoms with Crippen LogP contribution >= 0.6 is 0 Å². The van der Waals surface area contributed by atoms with Gasteiger partial charge in [0.2, 0.25) is 0 Å². The minimum Gasteiger partial charge on any atom is -0.332 e. The van der Waals surface area contributed by atoms with Crippen LogP contribution in [0.4, 0.5) is 0 Å². The third kappa shape index (κ3) is 2.08. The van der Waals surface area contributed by atoms with Crippen LogP contribution in [-0.4, -0.2) is 15.6 Å². The van der Waals surface area contributed by atoms with Gasteiger partial charge in [-0.25, -0.2) is 4.98 Å². The second kappa shape index (κ2) is 4.49. The van der Waals surface area contributed by atoms with Crippen molar-refractivity contribution < 1.29 is 0 Å². The van der Waals surface area contributed by atoms with E-state index in [-0.39, 0.29) is 6.04 Å². The number of imidazole rings is 1. The molecule has 0 saturated carbocycles. The van der Waals surface area contributed by atoms with Crippen LogP contribution in [0.1, 0.15) is 28.8 Å². The highest BCUT2D eigenvalue weighted by Crippen LogP contribution is 2.30. The number of aryl methyl sites for hydroxylation is 3. The molecule has 100 valence electrons. The fraction of sp³-hybridized carbons (Fsp3) is 0.438. The van der Waals surface area contributed by atoms with E-state index in [1.54, 1.807) is 0 Å². The molecule has 1 aliphatic rings. The van der Waals surface area contributed by atoms with E-state index in [1.165, 1.54) is 27.9 Å². The molecule has 1 aliphatic heterocycles. The van der Waals surface area contributed by atoms with E-state index in [4.69, 9.17) is 5.73 Å². The van der Waals surface area contributed by atoms with Crippen LogP contribution in [0.3, 0.4) is 0 Å². The summed E-state index contributed by atoms with van der Waals surface area (Å²) in [7, 11) is 0. The average Bonchev–Trinajstić information content (AvgIpc) is 2.76. The second-order valence-corrected chi connectivity index (χ2v) is 5.74. The van der Waals surface area contributed by atoms with Crippen molar-refractivity contribution >= 4 is 0 Å². The van der Waals surface area contributed by atoms with Crippen LogP contribution in [0.5, 0.6) is 0 Å². The van der Waals surface area contributed by atoms with Crippen molar-refractivity contribution in [2.24, 2.45) is 5.73 Å². The Morgan fingerprint density at radius 3 is 2.68 bits per heavy atom. The van der Waals surface area contributed by atoms with Gasteiger partial charge in [0.25, 0.3) is 0 Å². The molecule has 3 rings (SSSR count). The Balaban J connectivity index is 2.11. The highest BCUT2D eigenvalue weighted by Gasteiger charge is 2.21. The van der Waals surface area contributed by atoms with Gasteiger partial charge in [-0.05, 0) is 56.4 Å². The first kappa shape index (κ1) is 12.4. The monoisotopic (exact) mass is 255 g/mol. The normalized spacial score (nSPS) is 18.4. The fourth-order valence-corrected chi connectivity index (χ4v) is 2.93. The fourth-order valence-electron chi connectivity index (χ4n) is 2.93. The summed E-state index contributed by atoms with van der Waals surface area (Å²) in [5.74, 6) is 0. The Kier molecular flexibility index (Phi) is 2.94. The van der Waals surface area contributed by atoms with E-state index < -0.39 is 0 Å². The molecule has 1 aromatic heterocycles. The van der Waals surface area contributed by atoms with Crippen LogP contribution < -0.4 is 5.73 Å². The van der Waals surface area contributed by atoms with Gasteiger partial charge in [0.15, 0.2) is 0 Å². The van der Waals surface area contributed by atoms with Gasteiger partial charge >= 0.3 is 0 Å². The maximum atomic E-state index is 6.02. The molecule has 0 fully saturated rings. The van der Waals surface area contributed by atoms with Gasteiger partial charge in [-0.2, -0.15) is 0 Å². The van der Waals surface area contributed by atoms with Crippen LogP contribution in [0.2, 0.25) is 0 Å². The van der Waals surface area contributed by atoms with Crippen molar-refractivity contribution in [1.29, 1.82) is 0 Å². The first-order valence-corrected chi connectivity index (χ1v) is 6.94. The molecular weight excluding hydrogens is 234 g/mol. The molecule has 2 aromatic rings. The predicted molar refractivity (Wildman–Crippen MR) is 78.2 cm³/mol. The number of aromatic nitrogens is 2. The molecule has 0 saturated heterocycles. The smallest absolute Gasteiger partial charge is 0.0956 e. The minimum atomic E-state index is 0.274. The summed E-state index contributed by atoms with van der Waals surface area (Å²) in [6.07, 6.45) is 4.03. The minimum absolute atomic E-state index is 0.274. The van der Waals surface area contributed by atoms with E-state index in [0.29, 0.717) is 0 Å². The predicted octanol–water partition coefficient (Wildman–Crippen LogP) is 2.75. The maximum Gasteiger partial charge on any atom is 0.0956 e. The number of hydrogen-bond donors (Lipinski definition) is 1. The lowest BCUT2D eigenvalue weighted by molar-refractivity contribution is 0.461. The third-order valence-electron chi connectivity index (χ3n) is 4.23. The molecule has 0 spiro atoms. The summed E-state index contributed by atoms with van der Waals surface area (Å²) in [4.78, 5) is 4.64. The number of nitrogens with two attached hydrogens (primary N) is 1. The van der Waals surface area contributed by atoms with Gasteiger partial charge in [-0.3, -0.25) is 0 Å². The van der Waals surface area contributed by atoms with Crippen LogP contribution in [0, 0.1) is 20.8 Å². The number of fused-ring (bicyclic) bond motifs is 1. The van der Waals surface area contributed by atoms with Gasteiger partial charge in [0, 0.05) is 23.8 Å². The Morgan fingerprint density at radius 2 is 1.89 bits per heavy atom. The van der Waals surface area contributed by atoms with E-state index in [1.807, 2.05) is 6.33 Å². The standard InChI is InChI=1S/C16H21N3/c1-10-6-12(3)14(7-11(10)2)16-15-5-4-13(17)8-19(15)9-18-16/h6-7,9,13H,4-5,8,17H2,1-3H3. The lowest BCUT2D eigenvalue weighted by atomic mass is 9.95. The first-order valence-electron chi connectivity index (χ1n) is 6.94. The summed E-state index contributed by atoms with van der Waals surface area (Å²) < 4.78 is 2.22. The molecule has 3 heteroatoms. The van der Waals surface area contributed by atoms with Gasteiger partial charge < -0.3 is 10.3 Å². The van der Waals surface area contributed by atoms with Gasteiger partial charge in [-0.15, -0.1) is 0 Å². The molecule has 1 unspecified atom stereocenters. The number of nitrogens with zero attached hydrogens (tertiary/aromatic N) is 2. The zero-order valence-electron chi connectivity index (χ0n) is 11.9. The van der Waals surface area contributed by atoms with Gasteiger partial charge in [-0.1, -0.05) is 6.07 Å². The highest BCUT2D eigenvalue weighted by molar-refractivity contribution is 5.67. The largest absolute Gasteiger partial charge is 0.332 e. The molecule has 2 N–H and O–H groups in total. The summed E-state index contributed by atoms with van der Waals surface area (Å²) in [6, 6.07) is 4.79. The third-order valence-corrected chi connectivity index (χ3v) is 4.23. The number of rotatable bonds is 1. The van der Waals surface area contributed by atoms with Crippen LogP contribution in [0.25, 0.3) is 11.3 Å². The van der Waals surface area contributed by atoms with Crippen molar-refractivity contribution in [2.75, 3.05) is 0 Å². The van der Waals surface area contributed by atoms with Gasteiger partial charge in [0.05, 0.1) is 12.0 Å². The molecule has 2 heterocycles. The maximum absolute atomic E-state index is 6.02.